The van der Waals surface area contributed by atoms with Crippen LogP contribution in [0.1, 0.15) is 33.3 Å². The fourth-order valence-electron chi connectivity index (χ4n) is 2.26. The summed E-state index contributed by atoms with van der Waals surface area (Å²) in [6.07, 6.45) is -1.67. The van der Waals surface area contributed by atoms with Crippen LogP contribution in [-0.4, -0.2) is 47.0 Å². The summed E-state index contributed by atoms with van der Waals surface area (Å²) in [5.74, 6) is 0. The third kappa shape index (κ3) is 8.43. The number of nitrogens with one attached hydrogen (secondary N) is 2. The van der Waals surface area contributed by atoms with Gasteiger partial charge in [-0.15, -0.1) is 0 Å². The topological polar surface area (TPSA) is 93.7 Å². The number of hydrogen-bond donors (Lipinski definition) is 2. The summed E-state index contributed by atoms with van der Waals surface area (Å²) in [5, 5.41) is 2.22. The fraction of sp³-hybridized carbons (Fsp3) is 0.632. The number of alkyl halides is 3. The van der Waals surface area contributed by atoms with E-state index in [1.165, 1.54) is 4.72 Å². The third-order valence-corrected chi connectivity index (χ3v) is 10.9. The van der Waals surface area contributed by atoms with Crippen molar-refractivity contribution in [3.05, 3.63) is 35.9 Å². The van der Waals surface area contributed by atoms with Gasteiger partial charge in [0.1, 0.15) is 6.61 Å². The number of halogens is 3. The lowest BCUT2D eigenvalue weighted by Gasteiger charge is -2.40. The molecule has 0 heterocycles. The van der Waals surface area contributed by atoms with Crippen LogP contribution in [0, 0.1) is 0 Å². The lowest BCUT2D eigenvalue weighted by Crippen LogP contribution is -2.55. The lowest BCUT2D eigenvalue weighted by molar-refractivity contribution is -0.0449. The average molecular weight is 485 g/mol. The quantitative estimate of drug-likeness (QED) is 0.514. The van der Waals surface area contributed by atoms with E-state index >= 15 is 0 Å². The van der Waals surface area contributed by atoms with Gasteiger partial charge in [0.15, 0.2) is 8.32 Å². The summed E-state index contributed by atoms with van der Waals surface area (Å²) in [4.78, 5) is 12.2. The van der Waals surface area contributed by atoms with E-state index in [0.717, 1.165) is 5.56 Å². The van der Waals surface area contributed by atoms with Gasteiger partial charge in [0.25, 0.3) is 0 Å². The number of amides is 1. The predicted octanol–water partition coefficient (Wildman–Crippen LogP) is 4.13. The van der Waals surface area contributed by atoms with E-state index in [2.05, 4.69) is 5.32 Å². The van der Waals surface area contributed by atoms with Crippen LogP contribution in [0.25, 0.3) is 0 Å². The number of benzene rings is 1. The second-order valence-electron chi connectivity index (χ2n) is 8.69. The maximum absolute atomic E-state index is 12.7. The third-order valence-electron chi connectivity index (χ3n) is 5.17. The average Bonchev–Trinajstić information content (AvgIpc) is 2.62. The Bertz CT molecular complexity index is 827. The highest BCUT2D eigenvalue weighted by molar-refractivity contribution is 7.90. The van der Waals surface area contributed by atoms with Gasteiger partial charge in [-0.25, -0.2) is 17.9 Å². The lowest BCUT2D eigenvalue weighted by atomic mass is 10.2. The van der Waals surface area contributed by atoms with Crippen LogP contribution >= 0.6 is 0 Å². The van der Waals surface area contributed by atoms with Crippen LogP contribution in [0.5, 0.6) is 0 Å². The van der Waals surface area contributed by atoms with Crippen molar-refractivity contribution in [1.29, 1.82) is 0 Å². The molecule has 0 saturated carbocycles. The van der Waals surface area contributed by atoms with Crippen LogP contribution < -0.4 is 10.0 Å². The molecule has 0 bridgehead atoms. The Hall–Kier alpha value is -1.63. The summed E-state index contributed by atoms with van der Waals surface area (Å²) in [6.45, 7) is 10.6. The van der Waals surface area contributed by atoms with Crippen molar-refractivity contribution in [1.82, 2.24) is 10.0 Å². The molecule has 0 aliphatic rings. The summed E-state index contributed by atoms with van der Waals surface area (Å²) < 4.78 is 73.6. The van der Waals surface area contributed by atoms with Crippen LogP contribution in [0.2, 0.25) is 18.1 Å². The van der Waals surface area contributed by atoms with E-state index in [0.29, 0.717) is 0 Å². The highest BCUT2D eigenvalue weighted by atomic mass is 32.2. The molecule has 0 unspecified atom stereocenters. The minimum atomic E-state index is -5.58. The van der Waals surface area contributed by atoms with E-state index in [9.17, 15) is 26.4 Å². The number of rotatable bonds is 9. The van der Waals surface area contributed by atoms with E-state index in [-0.39, 0.29) is 11.6 Å². The van der Waals surface area contributed by atoms with Crippen molar-refractivity contribution < 1.29 is 35.5 Å². The molecule has 7 nitrogen and oxygen atoms in total. The Labute approximate surface area is 182 Å². The second kappa shape index (κ2) is 10.3. The first-order valence-corrected chi connectivity index (χ1v) is 14.1. The van der Waals surface area contributed by atoms with Gasteiger partial charge in [-0.2, -0.15) is 13.2 Å². The normalized spacial score (nSPS) is 15.3. The molecule has 0 radical (unpaired) electrons. The first-order chi connectivity index (χ1) is 14.0. The second-order valence-corrected chi connectivity index (χ2v) is 15.2. The molecule has 12 heteroatoms. The minimum Gasteiger partial charge on any atom is -0.445 e. The van der Waals surface area contributed by atoms with E-state index < -0.39 is 48.6 Å². The molecular formula is C19H31F3N2O5SSi. The highest BCUT2D eigenvalue weighted by Crippen LogP contribution is 2.37. The molecule has 0 aromatic heterocycles. The molecule has 0 aliphatic carbocycles. The van der Waals surface area contributed by atoms with Gasteiger partial charge in [0.05, 0.1) is 12.1 Å². The van der Waals surface area contributed by atoms with Crippen molar-refractivity contribution >= 4 is 24.4 Å². The largest absolute Gasteiger partial charge is 0.511 e. The molecule has 1 rings (SSSR count). The zero-order valence-corrected chi connectivity index (χ0v) is 20.4. The van der Waals surface area contributed by atoms with Crippen molar-refractivity contribution in [2.45, 2.75) is 70.1 Å². The molecule has 2 atom stereocenters. The monoisotopic (exact) mass is 484 g/mol. The fourth-order valence-corrected chi connectivity index (χ4v) is 4.27. The summed E-state index contributed by atoms with van der Waals surface area (Å²) >= 11 is 0. The molecule has 1 aromatic rings. The van der Waals surface area contributed by atoms with E-state index in [1.54, 1.807) is 37.3 Å². The van der Waals surface area contributed by atoms with Crippen LogP contribution in [-0.2, 0) is 25.8 Å². The van der Waals surface area contributed by atoms with Crippen LogP contribution in [0.3, 0.4) is 0 Å². The number of sulfonamides is 1. The van der Waals surface area contributed by atoms with Gasteiger partial charge < -0.3 is 14.5 Å². The number of ether oxygens (including phenoxy) is 1. The molecule has 0 fully saturated rings. The van der Waals surface area contributed by atoms with Crippen molar-refractivity contribution in [3.8, 4) is 0 Å². The predicted molar refractivity (Wildman–Crippen MR) is 114 cm³/mol. The number of carbonyl (C=O) groups is 1. The summed E-state index contributed by atoms with van der Waals surface area (Å²) in [5.41, 5.74) is -4.74. The van der Waals surface area contributed by atoms with Crippen molar-refractivity contribution in [3.63, 3.8) is 0 Å². The Morgan fingerprint density at radius 1 is 1.13 bits per heavy atom. The Balaban J connectivity index is 2.91. The SMILES string of the molecule is C[C@@H](O[Si](C)(C)C(C)(C)C)[C@@H](CNS(=O)(=O)C(F)(F)F)NC(=O)OCc1ccccc1. The zero-order valence-electron chi connectivity index (χ0n) is 18.5. The first-order valence-electron chi connectivity index (χ1n) is 9.67. The minimum absolute atomic E-state index is 0.0505. The summed E-state index contributed by atoms with van der Waals surface area (Å²) in [7, 11) is -7.93. The van der Waals surface area contributed by atoms with E-state index in [1.807, 2.05) is 33.9 Å². The van der Waals surface area contributed by atoms with Crippen molar-refractivity contribution in [2.75, 3.05) is 6.54 Å². The van der Waals surface area contributed by atoms with Crippen LogP contribution in [0.15, 0.2) is 30.3 Å². The number of hydrogen-bond acceptors (Lipinski definition) is 5. The van der Waals surface area contributed by atoms with Gasteiger partial charge in [0, 0.05) is 6.54 Å². The Morgan fingerprint density at radius 3 is 2.16 bits per heavy atom. The Morgan fingerprint density at radius 2 is 1.68 bits per heavy atom. The molecule has 0 aliphatic heterocycles. The molecule has 0 saturated heterocycles. The number of alkyl carbamates (subject to hydrolysis) is 1. The highest BCUT2D eigenvalue weighted by Gasteiger charge is 2.46. The molecule has 0 spiro atoms. The van der Waals surface area contributed by atoms with Gasteiger partial charge in [-0.05, 0) is 30.6 Å². The van der Waals surface area contributed by atoms with E-state index in [4.69, 9.17) is 9.16 Å². The molecule has 178 valence electrons. The van der Waals surface area contributed by atoms with Gasteiger partial charge in [-0.3, -0.25) is 0 Å². The standard InChI is InChI=1S/C19H31F3N2O5SSi/c1-14(29-31(5,6)18(2,3)4)16(12-23-30(26,27)19(20,21)22)24-17(25)28-13-15-10-8-7-9-11-15/h7-11,14,16,23H,12-13H2,1-6H3,(H,24,25)/t14-,16-/m1/s1. The maximum Gasteiger partial charge on any atom is 0.511 e. The first kappa shape index (κ1) is 27.4. The molecule has 31 heavy (non-hydrogen) atoms. The van der Waals surface area contributed by atoms with Crippen LogP contribution in [0.4, 0.5) is 18.0 Å². The number of carbonyl (C=O) groups excluding carboxylic acids is 1. The van der Waals surface area contributed by atoms with Gasteiger partial charge in [-0.1, -0.05) is 51.1 Å². The molecular weight excluding hydrogens is 453 g/mol. The molecule has 1 aromatic carbocycles. The Kier molecular flexibility index (Phi) is 9.12. The molecule has 1 amide bonds. The maximum atomic E-state index is 12.7. The molecule has 2 N–H and O–H groups in total. The summed E-state index contributed by atoms with van der Waals surface area (Å²) in [6, 6.07) is 7.72. The van der Waals surface area contributed by atoms with Gasteiger partial charge in [0.2, 0.25) is 0 Å². The smallest absolute Gasteiger partial charge is 0.445 e. The zero-order chi connectivity index (χ0) is 24.1. The van der Waals surface area contributed by atoms with Gasteiger partial charge >= 0.3 is 21.6 Å². The van der Waals surface area contributed by atoms with Crippen molar-refractivity contribution in [2.24, 2.45) is 0 Å².